The highest BCUT2D eigenvalue weighted by Crippen LogP contribution is 2.27. The minimum atomic E-state index is -1.21. The summed E-state index contributed by atoms with van der Waals surface area (Å²) in [6, 6.07) is 14.7. The maximum absolute atomic E-state index is 10.3. The van der Waals surface area contributed by atoms with Crippen LogP contribution in [0.4, 0.5) is 0 Å². The smallest absolute Gasteiger partial charge is 0.127 e. The normalized spacial score (nSPS) is 13.3. The second kappa shape index (κ2) is 9.53. The molecule has 0 saturated carbocycles. The maximum atomic E-state index is 10.3. The molecule has 0 saturated heterocycles. The fourth-order valence-electron chi connectivity index (χ4n) is 2.73. The van der Waals surface area contributed by atoms with Gasteiger partial charge in [-0.05, 0) is 60.9 Å². The van der Waals surface area contributed by atoms with Crippen LogP contribution in [0.5, 0.6) is 11.5 Å². The van der Waals surface area contributed by atoms with Gasteiger partial charge in [0.25, 0.3) is 0 Å². The third-order valence-electron chi connectivity index (χ3n) is 4.45. The third-order valence-corrected chi connectivity index (χ3v) is 4.45. The predicted octanol–water partition coefficient (Wildman–Crippen LogP) is 2.16. The van der Waals surface area contributed by atoms with Gasteiger partial charge in [0, 0.05) is 12.7 Å². The van der Waals surface area contributed by atoms with E-state index >= 15 is 0 Å². The number of aliphatic hydroxyl groups excluding tert-OH is 3. The van der Waals surface area contributed by atoms with Crippen LogP contribution >= 0.6 is 0 Å². The topological polar surface area (TPSA) is 108 Å². The van der Waals surface area contributed by atoms with Crippen LogP contribution in [0.3, 0.4) is 0 Å². The largest absolute Gasteiger partial charge is 0.457 e. The lowest BCUT2D eigenvalue weighted by atomic mass is 9.92. The number of rotatable bonds is 9. The molecule has 0 aromatic heterocycles. The summed E-state index contributed by atoms with van der Waals surface area (Å²) in [4.78, 5) is 0. The van der Waals surface area contributed by atoms with Gasteiger partial charge in [-0.3, -0.25) is 0 Å². The summed E-state index contributed by atoms with van der Waals surface area (Å²) in [5.74, 6) is 1.35. The Bertz CT molecular complexity index is 738. The lowest BCUT2D eigenvalue weighted by Gasteiger charge is -2.27. The Kier molecular flexibility index (Phi) is 7.38. The summed E-state index contributed by atoms with van der Waals surface area (Å²) in [6.45, 7) is 1.17. The van der Waals surface area contributed by atoms with Crippen molar-refractivity contribution < 1.29 is 20.1 Å². The number of hydrogen-bond acceptors (Lipinski definition) is 6. The molecule has 0 radical (unpaired) electrons. The fourth-order valence-corrected chi connectivity index (χ4v) is 2.73. The van der Waals surface area contributed by atoms with E-state index < -0.39 is 24.9 Å². The molecule has 0 aliphatic carbocycles. The number of ether oxygens (including phenoxy) is 1. The first kappa shape index (κ1) is 20.9. The van der Waals surface area contributed by atoms with Crippen molar-refractivity contribution in [3.63, 3.8) is 0 Å². The third kappa shape index (κ3) is 5.55. The summed E-state index contributed by atoms with van der Waals surface area (Å²) < 4.78 is 5.83. The van der Waals surface area contributed by atoms with E-state index in [-0.39, 0.29) is 6.42 Å². The van der Waals surface area contributed by atoms with Gasteiger partial charge in [-0.2, -0.15) is 0 Å². The molecular formula is C21H28N2O4. The number of hydrogen-bond donors (Lipinski definition) is 5. The van der Waals surface area contributed by atoms with Gasteiger partial charge in [0.2, 0.25) is 0 Å². The van der Waals surface area contributed by atoms with E-state index in [0.717, 1.165) is 11.3 Å². The molecule has 1 unspecified atom stereocenters. The predicted molar refractivity (Wildman–Crippen MR) is 106 cm³/mol. The first-order valence-electron chi connectivity index (χ1n) is 8.85. The van der Waals surface area contributed by atoms with Crippen molar-refractivity contribution in [2.75, 3.05) is 20.3 Å². The Morgan fingerprint density at radius 3 is 2.04 bits per heavy atom. The van der Waals surface area contributed by atoms with Crippen molar-refractivity contribution in [1.29, 1.82) is 0 Å². The van der Waals surface area contributed by atoms with Gasteiger partial charge in [0.05, 0.1) is 24.9 Å². The average molecular weight is 372 g/mol. The number of benzene rings is 2. The molecule has 0 bridgehead atoms. The standard InChI is InChI=1S/C21H28N2O4/c1-3-19(23-2)15-4-8-17(9-5-15)27-18-10-6-16(7-11-18)20(26)12-21(22,13-24)14-25/h3-11,20,23-26H,12-14,22H2,1-2H3/b19-3-. The van der Waals surface area contributed by atoms with Crippen molar-refractivity contribution >= 4 is 5.70 Å². The Morgan fingerprint density at radius 1 is 1.07 bits per heavy atom. The highest BCUT2D eigenvalue weighted by molar-refractivity contribution is 5.64. The fraction of sp³-hybridized carbons (Fsp3) is 0.333. The molecule has 0 spiro atoms. The van der Waals surface area contributed by atoms with Gasteiger partial charge in [-0.1, -0.05) is 18.2 Å². The lowest BCUT2D eigenvalue weighted by Crippen LogP contribution is -2.48. The van der Waals surface area contributed by atoms with Gasteiger partial charge in [0.15, 0.2) is 0 Å². The summed E-state index contributed by atoms with van der Waals surface area (Å²) in [5.41, 5.74) is 7.37. The first-order valence-corrected chi connectivity index (χ1v) is 8.85. The molecule has 6 heteroatoms. The molecule has 6 N–H and O–H groups in total. The monoisotopic (exact) mass is 372 g/mol. The molecular weight excluding hydrogens is 344 g/mol. The van der Waals surface area contributed by atoms with Crippen LogP contribution in [0.25, 0.3) is 5.70 Å². The van der Waals surface area contributed by atoms with Crippen LogP contribution < -0.4 is 15.8 Å². The molecule has 0 fully saturated rings. The molecule has 6 nitrogen and oxygen atoms in total. The zero-order valence-corrected chi connectivity index (χ0v) is 15.7. The number of aliphatic hydroxyl groups is 3. The van der Waals surface area contributed by atoms with Gasteiger partial charge in [-0.25, -0.2) is 0 Å². The molecule has 1 atom stereocenters. The number of nitrogens with two attached hydrogens (primary N) is 1. The Balaban J connectivity index is 2.03. The van der Waals surface area contributed by atoms with Crippen LogP contribution in [-0.4, -0.2) is 41.1 Å². The molecule has 0 amide bonds. The molecule has 27 heavy (non-hydrogen) atoms. The van der Waals surface area contributed by atoms with Crippen LogP contribution in [0.15, 0.2) is 54.6 Å². The summed E-state index contributed by atoms with van der Waals surface area (Å²) in [6.07, 6.45) is 1.17. The summed E-state index contributed by atoms with van der Waals surface area (Å²) in [7, 11) is 1.88. The van der Waals surface area contributed by atoms with Crippen molar-refractivity contribution in [2.24, 2.45) is 5.73 Å². The Labute approximate surface area is 159 Å². The first-order chi connectivity index (χ1) is 12.9. The van der Waals surface area contributed by atoms with Gasteiger partial charge in [-0.15, -0.1) is 0 Å². The second-order valence-corrected chi connectivity index (χ2v) is 6.55. The molecule has 0 aliphatic heterocycles. The van der Waals surface area contributed by atoms with E-state index in [0.29, 0.717) is 17.1 Å². The minimum absolute atomic E-state index is 0.0560. The quantitative estimate of drug-likeness (QED) is 0.462. The highest BCUT2D eigenvalue weighted by atomic mass is 16.5. The summed E-state index contributed by atoms with van der Waals surface area (Å²) in [5, 5.41) is 31.9. The number of nitrogens with one attached hydrogen (secondary N) is 1. The van der Waals surface area contributed by atoms with E-state index in [9.17, 15) is 15.3 Å². The SMILES string of the molecule is C/C=C(\NC)c1ccc(Oc2ccc(C(O)CC(N)(CO)CO)cc2)cc1. The molecule has 2 aromatic rings. The summed E-state index contributed by atoms with van der Waals surface area (Å²) >= 11 is 0. The molecule has 0 heterocycles. The van der Waals surface area contributed by atoms with E-state index in [1.54, 1.807) is 24.3 Å². The minimum Gasteiger partial charge on any atom is -0.457 e. The average Bonchev–Trinajstić information content (AvgIpc) is 2.70. The van der Waals surface area contributed by atoms with Gasteiger partial charge >= 0.3 is 0 Å². The maximum Gasteiger partial charge on any atom is 0.127 e. The van der Waals surface area contributed by atoms with Crippen LogP contribution in [-0.2, 0) is 0 Å². The molecule has 0 aliphatic rings. The second-order valence-electron chi connectivity index (χ2n) is 6.55. The highest BCUT2D eigenvalue weighted by Gasteiger charge is 2.27. The Morgan fingerprint density at radius 2 is 1.59 bits per heavy atom. The van der Waals surface area contributed by atoms with Gasteiger partial charge in [0.1, 0.15) is 11.5 Å². The zero-order chi connectivity index (χ0) is 19.9. The Hall–Kier alpha value is -2.38. The molecule has 2 rings (SSSR count). The zero-order valence-electron chi connectivity index (χ0n) is 15.7. The van der Waals surface area contributed by atoms with Crippen LogP contribution in [0.1, 0.15) is 30.6 Å². The number of allylic oxidation sites excluding steroid dienone is 1. The molecule has 2 aromatic carbocycles. The van der Waals surface area contributed by atoms with Crippen LogP contribution in [0, 0.1) is 0 Å². The van der Waals surface area contributed by atoms with Crippen molar-refractivity contribution in [3.8, 4) is 11.5 Å². The lowest BCUT2D eigenvalue weighted by molar-refractivity contribution is 0.0618. The van der Waals surface area contributed by atoms with Crippen molar-refractivity contribution in [1.82, 2.24) is 5.32 Å². The van der Waals surface area contributed by atoms with Gasteiger partial charge < -0.3 is 31.1 Å². The van der Waals surface area contributed by atoms with Crippen LogP contribution in [0.2, 0.25) is 0 Å². The van der Waals surface area contributed by atoms with E-state index in [2.05, 4.69) is 5.32 Å². The molecule has 146 valence electrons. The van der Waals surface area contributed by atoms with Crippen molar-refractivity contribution in [2.45, 2.75) is 25.0 Å². The van der Waals surface area contributed by atoms with E-state index in [4.69, 9.17) is 10.5 Å². The van der Waals surface area contributed by atoms with E-state index in [1.165, 1.54) is 0 Å². The van der Waals surface area contributed by atoms with E-state index in [1.807, 2.05) is 44.3 Å². The van der Waals surface area contributed by atoms with Crippen molar-refractivity contribution in [3.05, 3.63) is 65.7 Å².